The lowest BCUT2D eigenvalue weighted by atomic mass is 9.90. The van der Waals surface area contributed by atoms with Gasteiger partial charge in [0, 0.05) is 28.2 Å². The molecule has 0 aliphatic carbocycles. The van der Waals surface area contributed by atoms with Crippen LogP contribution in [0.15, 0.2) is 30.9 Å². The molecule has 0 saturated carbocycles. The molecule has 0 radical (unpaired) electrons. The summed E-state index contributed by atoms with van der Waals surface area (Å²) in [5.74, 6) is -1.23. The van der Waals surface area contributed by atoms with Crippen LogP contribution in [-0.4, -0.2) is 37.5 Å². The van der Waals surface area contributed by atoms with Crippen LogP contribution in [0.5, 0.6) is 0 Å². The minimum atomic E-state index is -1.63. The van der Waals surface area contributed by atoms with Crippen LogP contribution in [0.4, 0.5) is 13.6 Å². The fourth-order valence-corrected chi connectivity index (χ4v) is 3.89. The molecule has 1 aromatic carbocycles. The van der Waals surface area contributed by atoms with Gasteiger partial charge in [-0.25, -0.2) is 23.2 Å². The lowest BCUT2D eigenvalue weighted by Crippen LogP contribution is -2.33. The lowest BCUT2D eigenvalue weighted by Gasteiger charge is -2.28. The van der Waals surface area contributed by atoms with Gasteiger partial charge in [-0.3, -0.25) is 0 Å². The van der Waals surface area contributed by atoms with Crippen LogP contribution in [0.25, 0.3) is 0 Å². The zero-order chi connectivity index (χ0) is 18.3. The molecule has 0 spiro atoms. The number of benzene rings is 1. The van der Waals surface area contributed by atoms with Gasteiger partial charge in [0.2, 0.25) is 0 Å². The van der Waals surface area contributed by atoms with Crippen molar-refractivity contribution in [3.05, 3.63) is 48.1 Å². The van der Waals surface area contributed by atoms with E-state index in [1.165, 1.54) is 34.2 Å². The van der Waals surface area contributed by atoms with Crippen molar-refractivity contribution in [3.8, 4) is 0 Å². The molecule has 11 heteroatoms. The van der Waals surface area contributed by atoms with E-state index in [2.05, 4.69) is 10.1 Å². The van der Waals surface area contributed by atoms with Gasteiger partial charge in [-0.05, 0) is 19.4 Å². The monoisotopic (exact) mass is 425 g/mol. The molecule has 144 valence electrons. The van der Waals surface area contributed by atoms with Crippen LogP contribution >= 0.6 is 34.0 Å². The van der Waals surface area contributed by atoms with Gasteiger partial charge < -0.3 is 9.84 Å². The second kappa shape index (κ2) is 10.7. The summed E-state index contributed by atoms with van der Waals surface area (Å²) in [5.41, 5.74) is -1.67. The molecule has 0 aliphatic heterocycles. The first kappa shape index (κ1) is 22.7. The van der Waals surface area contributed by atoms with Crippen molar-refractivity contribution >= 4 is 39.3 Å². The van der Waals surface area contributed by atoms with Crippen molar-refractivity contribution < 1.29 is 23.4 Å². The van der Waals surface area contributed by atoms with Crippen molar-refractivity contribution in [3.63, 3.8) is 0 Å². The molecule has 0 bridgehead atoms. The van der Waals surface area contributed by atoms with Crippen LogP contribution in [-0.2, 0) is 16.9 Å². The van der Waals surface area contributed by atoms with E-state index in [-0.39, 0.29) is 37.5 Å². The van der Waals surface area contributed by atoms with Crippen molar-refractivity contribution in [2.24, 2.45) is 0 Å². The molecule has 0 saturated heterocycles. The van der Waals surface area contributed by atoms with E-state index >= 15 is 0 Å². The van der Waals surface area contributed by atoms with Gasteiger partial charge >= 0.3 is 5.30 Å². The second-order valence-corrected chi connectivity index (χ2v) is 7.44. The molecule has 2 aromatic rings. The molecule has 6 nitrogen and oxygen atoms in total. The summed E-state index contributed by atoms with van der Waals surface area (Å²) in [6, 6.07) is 3.03. The zero-order valence-electron chi connectivity index (χ0n) is 13.8. The minimum Gasteiger partial charge on any atom is -0.457 e. The summed E-state index contributed by atoms with van der Waals surface area (Å²) in [5, 5.41) is 14.5. The number of hydrogen-bond donors (Lipinski definition) is 1. The summed E-state index contributed by atoms with van der Waals surface area (Å²) in [4.78, 5) is 15.1. The molecule has 0 amide bonds. The maximum absolute atomic E-state index is 14.2. The summed E-state index contributed by atoms with van der Waals surface area (Å²) in [6.07, 6.45) is 2.81. The second-order valence-electron chi connectivity index (χ2n) is 5.09. The smallest absolute Gasteiger partial charge is 0.378 e. The largest absolute Gasteiger partial charge is 0.457 e. The first-order valence-electron chi connectivity index (χ1n) is 7.41. The molecule has 0 aliphatic rings. The number of halogens is 3. The standard InChI is InChI=1S/C15H17F2N3O3S2.ClH/c1-2-23-14(21)25-24-6-5-15(22,8-20-10-18-9-19-20)12-4-3-11(16)7-13(12)17;/h3-4,7,9-10,22H,2,5-6,8H2,1H3;1H/t15-;/m0./s1. The minimum absolute atomic E-state index is 0. The average molecular weight is 426 g/mol. The van der Waals surface area contributed by atoms with Crippen molar-refractivity contribution in [1.82, 2.24) is 14.8 Å². The molecule has 0 fully saturated rings. The summed E-state index contributed by atoms with van der Waals surface area (Å²) < 4.78 is 33.5. The molecule has 1 N–H and O–H groups in total. The lowest BCUT2D eigenvalue weighted by molar-refractivity contribution is 0.00879. The van der Waals surface area contributed by atoms with E-state index in [0.717, 1.165) is 22.9 Å². The number of rotatable bonds is 8. The van der Waals surface area contributed by atoms with Gasteiger partial charge in [-0.2, -0.15) is 5.10 Å². The van der Waals surface area contributed by atoms with Gasteiger partial charge in [0.1, 0.15) is 29.9 Å². The van der Waals surface area contributed by atoms with Gasteiger partial charge in [-0.1, -0.05) is 16.9 Å². The quantitative estimate of drug-likeness (QED) is 0.391. The molecular formula is C15H18ClF2N3O3S2. The Balaban J connectivity index is 0.00000338. The Kier molecular flexibility index (Phi) is 9.34. The first-order valence-corrected chi connectivity index (χ1v) is 9.73. The SMILES string of the molecule is CCOC(=O)SSCC[C@](O)(Cn1cncn1)c1ccc(F)cc1F.Cl. The van der Waals surface area contributed by atoms with Crippen LogP contribution in [0, 0.1) is 11.6 Å². The van der Waals surface area contributed by atoms with E-state index in [1.807, 2.05) is 0 Å². The summed E-state index contributed by atoms with van der Waals surface area (Å²) in [6.45, 7) is 1.93. The Morgan fingerprint density at radius 2 is 2.19 bits per heavy atom. The first-order chi connectivity index (χ1) is 11.9. The molecule has 2 rings (SSSR count). The zero-order valence-corrected chi connectivity index (χ0v) is 16.3. The Labute approximate surface area is 163 Å². The number of ether oxygens (including phenoxy) is 1. The van der Waals surface area contributed by atoms with Gasteiger partial charge in [-0.15, -0.1) is 12.4 Å². The van der Waals surface area contributed by atoms with Crippen LogP contribution in [0.3, 0.4) is 0 Å². The highest BCUT2D eigenvalue weighted by Crippen LogP contribution is 2.34. The van der Waals surface area contributed by atoms with Gasteiger partial charge in [0.25, 0.3) is 0 Å². The molecular weight excluding hydrogens is 408 g/mol. The topological polar surface area (TPSA) is 77.2 Å². The summed E-state index contributed by atoms with van der Waals surface area (Å²) in [7, 11) is 2.09. The van der Waals surface area contributed by atoms with E-state index in [1.54, 1.807) is 6.92 Å². The third-order valence-corrected chi connectivity index (χ3v) is 5.32. The van der Waals surface area contributed by atoms with Crippen LogP contribution in [0.1, 0.15) is 18.9 Å². The number of carbonyl (C=O) groups is 1. The normalized spacial score (nSPS) is 12.9. The van der Waals surface area contributed by atoms with Gasteiger partial charge in [0.15, 0.2) is 0 Å². The maximum Gasteiger partial charge on any atom is 0.378 e. The molecule has 1 aromatic heterocycles. The van der Waals surface area contributed by atoms with Crippen molar-refractivity contribution in [1.29, 1.82) is 0 Å². The highest BCUT2D eigenvalue weighted by Gasteiger charge is 2.33. The Bertz CT molecular complexity index is 709. The molecule has 1 atom stereocenters. The number of hydrogen-bond acceptors (Lipinski definition) is 7. The molecule has 1 heterocycles. The Morgan fingerprint density at radius 3 is 2.81 bits per heavy atom. The molecule has 26 heavy (non-hydrogen) atoms. The van der Waals surface area contributed by atoms with E-state index in [9.17, 15) is 18.7 Å². The highest BCUT2D eigenvalue weighted by molar-refractivity contribution is 8.82. The summed E-state index contributed by atoms with van der Waals surface area (Å²) >= 11 is 0. The third-order valence-electron chi connectivity index (χ3n) is 3.31. The number of aromatic nitrogens is 3. The van der Waals surface area contributed by atoms with Crippen LogP contribution < -0.4 is 0 Å². The molecule has 0 unspecified atom stereocenters. The fraction of sp³-hybridized carbons (Fsp3) is 0.400. The number of carbonyl (C=O) groups excluding carboxylic acids is 1. The third kappa shape index (κ3) is 6.42. The number of nitrogens with zero attached hydrogens (tertiary/aromatic N) is 3. The van der Waals surface area contributed by atoms with E-state index in [0.29, 0.717) is 5.75 Å². The van der Waals surface area contributed by atoms with E-state index < -0.39 is 22.5 Å². The average Bonchev–Trinajstić information content (AvgIpc) is 3.04. The highest BCUT2D eigenvalue weighted by atomic mass is 35.5. The Morgan fingerprint density at radius 1 is 1.42 bits per heavy atom. The number of aliphatic hydroxyl groups is 1. The van der Waals surface area contributed by atoms with Crippen molar-refractivity contribution in [2.45, 2.75) is 25.5 Å². The van der Waals surface area contributed by atoms with Crippen LogP contribution in [0.2, 0.25) is 0 Å². The predicted molar refractivity (Wildman–Crippen MR) is 99.2 cm³/mol. The fourth-order valence-electron chi connectivity index (χ4n) is 2.19. The van der Waals surface area contributed by atoms with E-state index in [4.69, 9.17) is 4.74 Å². The van der Waals surface area contributed by atoms with Gasteiger partial charge in [0.05, 0.1) is 13.2 Å². The predicted octanol–water partition coefficient (Wildman–Crippen LogP) is 3.79. The Hall–Kier alpha value is -1.36. The maximum atomic E-state index is 14.2. The van der Waals surface area contributed by atoms with Crippen molar-refractivity contribution in [2.75, 3.05) is 12.4 Å².